The summed E-state index contributed by atoms with van der Waals surface area (Å²) < 4.78 is 10.8. The average molecular weight is 221 g/mol. The van der Waals surface area contributed by atoms with Gasteiger partial charge in [-0.1, -0.05) is 37.3 Å². The third kappa shape index (κ3) is 3.04. The van der Waals surface area contributed by atoms with Crippen molar-refractivity contribution in [3.8, 4) is 0 Å². The fourth-order valence-corrected chi connectivity index (χ4v) is 1.75. The van der Waals surface area contributed by atoms with E-state index in [-0.39, 0.29) is 6.04 Å². The van der Waals surface area contributed by atoms with E-state index in [1.54, 1.807) is 0 Å². The van der Waals surface area contributed by atoms with Crippen LogP contribution in [-0.4, -0.2) is 32.5 Å². The van der Waals surface area contributed by atoms with Gasteiger partial charge in [-0.15, -0.1) is 0 Å². The third-order valence-electron chi connectivity index (χ3n) is 2.76. The van der Waals surface area contributed by atoms with Crippen LogP contribution in [0.2, 0.25) is 0 Å². The molecule has 1 fully saturated rings. The molecular weight excluding hydrogens is 202 g/mol. The van der Waals surface area contributed by atoms with Crippen molar-refractivity contribution in [2.45, 2.75) is 19.1 Å². The highest BCUT2D eigenvalue weighted by molar-refractivity contribution is 5.18. The van der Waals surface area contributed by atoms with Crippen LogP contribution in [0.3, 0.4) is 0 Å². The van der Waals surface area contributed by atoms with Gasteiger partial charge in [0.15, 0.2) is 0 Å². The molecule has 1 unspecified atom stereocenters. The topological polar surface area (TPSA) is 30.5 Å². The lowest BCUT2D eigenvalue weighted by atomic mass is 10.1. The monoisotopic (exact) mass is 221 g/mol. The van der Waals surface area contributed by atoms with Gasteiger partial charge in [0.1, 0.15) is 6.10 Å². The smallest absolute Gasteiger partial charge is 0.104 e. The van der Waals surface area contributed by atoms with Crippen molar-refractivity contribution in [2.75, 3.05) is 26.4 Å². The predicted molar refractivity (Wildman–Crippen MR) is 63.4 cm³/mol. The maximum Gasteiger partial charge on any atom is 0.104 e. The van der Waals surface area contributed by atoms with Gasteiger partial charge in [-0.25, -0.2) is 0 Å². The Morgan fingerprint density at radius 2 is 2.12 bits per heavy atom. The fourth-order valence-electron chi connectivity index (χ4n) is 1.75. The number of nitrogens with one attached hydrogen (secondary N) is 1. The van der Waals surface area contributed by atoms with Crippen molar-refractivity contribution in [1.82, 2.24) is 5.32 Å². The Hall–Kier alpha value is -0.900. The van der Waals surface area contributed by atoms with Gasteiger partial charge in [0.25, 0.3) is 0 Å². The quantitative estimate of drug-likeness (QED) is 0.794. The van der Waals surface area contributed by atoms with Crippen molar-refractivity contribution in [1.29, 1.82) is 0 Å². The summed E-state index contributed by atoms with van der Waals surface area (Å²) in [5, 5.41) is 3.44. The normalized spacial score (nSPS) is 18.1. The van der Waals surface area contributed by atoms with Gasteiger partial charge in [0, 0.05) is 0 Å². The lowest BCUT2D eigenvalue weighted by molar-refractivity contribution is -0.133. The predicted octanol–water partition coefficient (Wildman–Crippen LogP) is 1.75. The maximum absolute atomic E-state index is 5.76. The third-order valence-corrected chi connectivity index (χ3v) is 2.76. The van der Waals surface area contributed by atoms with Gasteiger partial charge in [0.05, 0.1) is 25.9 Å². The van der Waals surface area contributed by atoms with Crippen molar-refractivity contribution in [2.24, 2.45) is 0 Å². The molecule has 0 aromatic heterocycles. The molecule has 0 radical (unpaired) electrons. The van der Waals surface area contributed by atoms with E-state index in [1.807, 2.05) is 6.07 Å². The molecule has 2 rings (SSSR count). The second-order valence-electron chi connectivity index (χ2n) is 4.01. The second kappa shape index (κ2) is 5.99. The minimum absolute atomic E-state index is 0.284. The minimum atomic E-state index is 0.284. The molecule has 3 nitrogen and oxygen atoms in total. The Bertz CT molecular complexity index is 298. The van der Waals surface area contributed by atoms with E-state index in [0.717, 1.165) is 19.8 Å². The lowest BCUT2D eigenvalue weighted by Crippen LogP contribution is -2.38. The Morgan fingerprint density at radius 1 is 1.38 bits per heavy atom. The van der Waals surface area contributed by atoms with E-state index in [1.165, 1.54) is 5.56 Å². The molecule has 1 heterocycles. The van der Waals surface area contributed by atoms with Gasteiger partial charge in [-0.3, -0.25) is 0 Å². The number of ether oxygens (including phenoxy) is 2. The zero-order chi connectivity index (χ0) is 11.2. The van der Waals surface area contributed by atoms with Crippen molar-refractivity contribution >= 4 is 0 Å². The van der Waals surface area contributed by atoms with Crippen molar-refractivity contribution < 1.29 is 9.47 Å². The first-order valence-corrected chi connectivity index (χ1v) is 5.88. The molecule has 1 aromatic rings. The number of hydrogen-bond donors (Lipinski definition) is 1. The Balaban J connectivity index is 1.88. The Kier molecular flexibility index (Phi) is 4.34. The standard InChI is InChI=1S/C13H19NO2/c1-2-14-13(10-16-12-8-15-9-12)11-6-4-3-5-7-11/h3-7,12-14H,2,8-10H2,1H3. The molecular formula is C13H19NO2. The molecule has 0 saturated carbocycles. The van der Waals surface area contributed by atoms with Crippen LogP contribution < -0.4 is 5.32 Å². The second-order valence-corrected chi connectivity index (χ2v) is 4.01. The first-order chi connectivity index (χ1) is 7.90. The van der Waals surface area contributed by atoms with Gasteiger partial charge < -0.3 is 14.8 Å². The van der Waals surface area contributed by atoms with Crippen LogP contribution in [0.5, 0.6) is 0 Å². The van der Waals surface area contributed by atoms with Crippen LogP contribution in [0.4, 0.5) is 0 Å². The zero-order valence-electron chi connectivity index (χ0n) is 9.69. The molecule has 88 valence electrons. The molecule has 0 bridgehead atoms. The first-order valence-electron chi connectivity index (χ1n) is 5.88. The van der Waals surface area contributed by atoms with Crippen LogP contribution in [-0.2, 0) is 9.47 Å². The Morgan fingerprint density at radius 3 is 2.69 bits per heavy atom. The van der Waals surface area contributed by atoms with Crippen molar-refractivity contribution in [3.63, 3.8) is 0 Å². The molecule has 1 aliphatic heterocycles. The van der Waals surface area contributed by atoms with Crippen molar-refractivity contribution in [3.05, 3.63) is 35.9 Å². The molecule has 0 amide bonds. The van der Waals surface area contributed by atoms with Crippen LogP contribution in [0, 0.1) is 0 Å². The minimum Gasteiger partial charge on any atom is -0.376 e. The average Bonchev–Trinajstić information content (AvgIpc) is 2.27. The van der Waals surface area contributed by atoms with Crippen LogP contribution >= 0.6 is 0 Å². The highest BCUT2D eigenvalue weighted by Crippen LogP contribution is 2.15. The van der Waals surface area contributed by atoms with E-state index in [2.05, 4.69) is 36.5 Å². The summed E-state index contributed by atoms with van der Waals surface area (Å²) in [6.07, 6.45) is 0.296. The zero-order valence-corrected chi connectivity index (χ0v) is 9.69. The van der Waals surface area contributed by atoms with Crippen LogP contribution in [0.25, 0.3) is 0 Å². The molecule has 1 N–H and O–H groups in total. The number of benzene rings is 1. The molecule has 0 aliphatic carbocycles. The summed E-state index contributed by atoms with van der Waals surface area (Å²) in [5.74, 6) is 0. The Labute approximate surface area is 96.8 Å². The fraction of sp³-hybridized carbons (Fsp3) is 0.538. The summed E-state index contributed by atoms with van der Waals surface area (Å²) >= 11 is 0. The number of rotatable bonds is 6. The summed E-state index contributed by atoms with van der Waals surface area (Å²) in [5.41, 5.74) is 1.28. The van der Waals surface area contributed by atoms with E-state index in [4.69, 9.17) is 9.47 Å². The lowest BCUT2D eigenvalue weighted by Gasteiger charge is -2.28. The summed E-state index contributed by atoms with van der Waals surface area (Å²) in [6.45, 7) is 5.26. The SMILES string of the molecule is CCNC(COC1COC1)c1ccccc1. The molecule has 1 aliphatic rings. The molecule has 1 saturated heterocycles. The highest BCUT2D eigenvalue weighted by atomic mass is 16.6. The van der Waals surface area contributed by atoms with Gasteiger partial charge in [-0.05, 0) is 12.1 Å². The largest absolute Gasteiger partial charge is 0.376 e. The van der Waals surface area contributed by atoms with E-state index < -0.39 is 0 Å². The van der Waals surface area contributed by atoms with Gasteiger partial charge >= 0.3 is 0 Å². The molecule has 1 atom stereocenters. The number of hydrogen-bond acceptors (Lipinski definition) is 3. The summed E-state index contributed by atoms with van der Waals surface area (Å²) in [7, 11) is 0. The summed E-state index contributed by atoms with van der Waals surface area (Å²) in [6, 6.07) is 10.7. The van der Waals surface area contributed by atoms with Crippen LogP contribution in [0.1, 0.15) is 18.5 Å². The van der Waals surface area contributed by atoms with E-state index >= 15 is 0 Å². The van der Waals surface area contributed by atoms with E-state index in [0.29, 0.717) is 12.7 Å². The first kappa shape index (κ1) is 11.6. The number of likely N-dealkylation sites (N-methyl/N-ethyl adjacent to an activating group) is 1. The molecule has 1 aromatic carbocycles. The molecule has 3 heteroatoms. The molecule has 0 spiro atoms. The van der Waals surface area contributed by atoms with Gasteiger partial charge in [0.2, 0.25) is 0 Å². The highest BCUT2D eigenvalue weighted by Gasteiger charge is 2.20. The van der Waals surface area contributed by atoms with E-state index in [9.17, 15) is 0 Å². The van der Waals surface area contributed by atoms with Gasteiger partial charge in [-0.2, -0.15) is 0 Å². The maximum atomic E-state index is 5.76. The molecule has 16 heavy (non-hydrogen) atoms. The van der Waals surface area contributed by atoms with Crippen LogP contribution in [0.15, 0.2) is 30.3 Å². The summed E-state index contributed by atoms with van der Waals surface area (Å²) in [4.78, 5) is 0.